The van der Waals surface area contributed by atoms with Crippen LogP contribution in [0.5, 0.6) is 0 Å². The standard InChI is InChI=1S/C6F10/c7-2-1(5(11,12)13)4(9,10)3(2,8)6(14,15)16. The molecule has 1 rings (SSSR count). The Balaban J connectivity index is 3.40. The second-order valence-corrected chi connectivity index (χ2v) is 2.92. The van der Waals surface area contributed by atoms with Crippen LogP contribution in [0.15, 0.2) is 11.4 Å². The van der Waals surface area contributed by atoms with E-state index in [2.05, 4.69) is 0 Å². The van der Waals surface area contributed by atoms with Crippen molar-refractivity contribution in [1.82, 2.24) is 0 Å². The molecule has 1 atom stereocenters. The van der Waals surface area contributed by atoms with Gasteiger partial charge in [0.1, 0.15) is 5.57 Å². The van der Waals surface area contributed by atoms with Crippen molar-refractivity contribution in [2.24, 2.45) is 0 Å². The molecule has 94 valence electrons. The van der Waals surface area contributed by atoms with Gasteiger partial charge in [0, 0.05) is 0 Å². The lowest BCUT2D eigenvalue weighted by Crippen LogP contribution is -2.66. The molecule has 0 bridgehead atoms. The van der Waals surface area contributed by atoms with E-state index < -0.39 is 35.3 Å². The van der Waals surface area contributed by atoms with Crippen molar-refractivity contribution in [3.8, 4) is 0 Å². The van der Waals surface area contributed by atoms with E-state index in [0.717, 1.165) is 0 Å². The minimum absolute atomic E-state index is 3.43. The van der Waals surface area contributed by atoms with Gasteiger partial charge in [0.25, 0.3) is 0 Å². The maximum atomic E-state index is 12.6. The van der Waals surface area contributed by atoms with Crippen LogP contribution in [-0.4, -0.2) is 23.9 Å². The van der Waals surface area contributed by atoms with Crippen molar-refractivity contribution in [3.05, 3.63) is 11.4 Å². The molecule has 0 N–H and O–H groups in total. The summed E-state index contributed by atoms with van der Waals surface area (Å²) in [5, 5.41) is 0. The molecule has 0 aromatic carbocycles. The summed E-state index contributed by atoms with van der Waals surface area (Å²) in [5.41, 5.74) is -9.33. The molecule has 0 fully saturated rings. The third-order valence-corrected chi connectivity index (χ3v) is 1.94. The molecular formula is C6F10. The molecule has 0 saturated heterocycles. The molecule has 0 heterocycles. The van der Waals surface area contributed by atoms with Gasteiger partial charge in [0.05, 0.1) is 0 Å². The lowest BCUT2D eigenvalue weighted by molar-refractivity contribution is -0.313. The van der Waals surface area contributed by atoms with Gasteiger partial charge in [-0.2, -0.15) is 35.1 Å². The van der Waals surface area contributed by atoms with Crippen LogP contribution in [0.1, 0.15) is 0 Å². The van der Waals surface area contributed by atoms with E-state index in [4.69, 9.17) is 0 Å². The van der Waals surface area contributed by atoms with E-state index in [-0.39, 0.29) is 0 Å². The van der Waals surface area contributed by atoms with Gasteiger partial charge in [-0.25, -0.2) is 8.78 Å². The fourth-order valence-electron chi connectivity index (χ4n) is 1.16. The smallest absolute Gasteiger partial charge is 0.219 e. The van der Waals surface area contributed by atoms with Crippen LogP contribution in [0.3, 0.4) is 0 Å². The van der Waals surface area contributed by atoms with E-state index in [1.165, 1.54) is 0 Å². The zero-order valence-electron chi connectivity index (χ0n) is 6.78. The normalized spacial score (nSPS) is 30.4. The minimum Gasteiger partial charge on any atom is -0.219 e. The van der Waals surface area contributed by atoms with E-state index in [9.17, 15) is 43.9 Å². The van der Waals surface area contributed by atoms with Crippen LogP contribution in [0.25, 0.3) is 0 Å². The Kier molecular flexibility index (Phi) is 2.32. The fourth-order valence-corrected chi connectivity index (χ4v) is 1.16. The molecule has 0 radical (unpaired) electrons. The number of halogens is 10. The first-order chi connectivity index (χ1) is 6.78. The van der Waals surface area contributed by atoms with Crippen LogP contribution in [-0.2, 0) is 0 Å². The van der Waals surface area contributed by atoms with Crippen molar-refractivity contribution in [1.29, 1.82) is 0 Å². The van der Waals surface area contributed by atoms with Gasteiger partial charge in [0.2, 0.25) is 0 Å². The summed E-state index contributed by atoms with van der Waals surface area (Å²) in [6.07, 6.45) is -12.5. The highest BCUT2D eigenvalue weighted by Crippen LogP contribution is 2.65. The van der Waals surface area contributed by atoms with Gasteiger partial charge in [-0.3, -0.25) is 0 Å². The molecule has 1 aliphatic carbocycles. The van der Waals surface area contributed by atoms with E-state index in [0.29, 0.717) is 0 Å². The zero-order valence-corrected chi connectivity index (χ0v) is 6.78. The van der Waals surface area contributed by atoms with Crippen molar-refractivity contribution in [3.63, 3.8) is 0 Å². The third-order valence-electron chi connectivity index (χ3n) is 1.94. The molecule has 0 aromatic heterocycles. The highest BCUT2D eigenvalue weighted by atomic mass is 19.4. The van der Waals surface area contributed by atoms with Crippen molar-refractivity contribution in [2.45, 2.75) is 23.9 Å². The van der Waals surface area contributed by atoms with Crippen molar-refractivity contribution in [2.75, 3.05) is 0 Å². The Hall–Kier alpha value is -0.960. The maximum Gasteiger partial charge on any atom is 0.435 e. The minimum atomic E-state index is -6.46. The van der Waals surface area contributed by atoms with Gasteiger partial charge in [-0.1, -0.05) is 0 Å². The first-order valence-electron chi connectivity index (χ1n) is 3.39. The number of hydrogen-bond donors (Lipinski definition) is 0. The van der Waals surface area contributed by atoms with Crippen LogP contribution >= 0.6 is 0 Å². The molecule has 0 aromatic rings. The number of alkyl halides is 9. The van der Waals surface area contributed by atoms with Gasteiger partial charge >= 0.3 is 23.9 Å². The second-order valence-electron chi connectivity index (χ2n) is 2.92. The van der Waals surface area contributed by atoms with Gasteiger partial charge < -0.3 is 0 Å². The monoisotopic (exact) mass is 262 g/mol. The van der Waals surface area contributed by atoms with Gasteiger partial charge in [-0.05, 0) is 0 Å². The van der Waals surface area contributed by atoms with E-state index in [1.54, 1.807) is 0 Å². The highest BCUT2D eigenvalue weighted by Gasteiger charge is 2.86. The summed E-state index contributed by atoms with van der Waals surface area (Å²) in [5.74, 6) is -9.52. The Morgan fingerprint density at radius 1 is 0.812 bits per heavy atom. The Morgan fingerprint density at radius 2 is 1.19 bits per heavy atom. The van der Waals surface area contributed by atoms with Crippen LogP contribution in [0, 0.1) is 0 Å². The maximum absolute atomic E-state index is 12.6. The summed E-state index contributed by atoms with van der Waals surface area (Å²) in [6.45, 7) is 0. The lowest BCUT2D eigenvalue weighted by atomic mass is 9.76. The molecule has 1 unspecified atom stereocenters. The van der Waals surface area contributed by atoms with E-state index >= 15 is 0 Å². The first-order valence-corrected chi connectivity index (χ1v) is 3.39. The largest absolute Gasteiger partial charge is 0.435 e. The number of rotatable bonds is 0. The quantitative estimate of drug-likeness (QED) is 0.584. The third kappa shape index (κ3) is 1.24. The molecule has 0 amide bonds. The van der Waals surface area contributed by atoms with Gasteiger partial charge in [-0.15, -0.1) is 0 Å². The number of allylic oxidation sites excluding steroid dienone is 2. The van der Waals surface area contributed by atoms with Crippen LogP contribution < -0.4 is 0 Å². The Morgan fingerprint density at radius 3 is 1.38 bits per heavy atom. The van der Waals surface area contributed by atoms with E-state index in [1.807, 2.05) is 0 Å². The second kappa shape index (κ2) is 2.83. The van der Waals surface area contributed by atoms with Gasteiger partial charge in [0.15, 0.2) is 5.83 Å². The predicted octanol–water partition coefficient (Wildman–Crippen LogP) is 3.69. The Labute approximate surface area is 80.5 Å². The molecule has 16 heavy (non-hydrogen) atoms. The summed E-state index contributed by atoms with van der Waals surface area (Å²) in [7, 11) is 0. The summed E-state index contributed by atoms with van der Waals surface area (Å²) in [4.78, 5) is 0. The SMILES string of the molecule is FC1=C(C(F)(F)F)C(F)(F)C1(F)C(F)(F)F. The molecule has 0 saturated carbocycles. The Bertz CT molecular complexity index is 343. The number of hydrogen-bond acceptors (Lipinski definition) is 0. The zero-order chi connectivity index (χ0) is 13.2. The summed E-state index contributed by atoms with van der Waals surface area (Å²) in [6, 6.07) is 0. The average molecular weight is 262 g/mol. The first kappa shape index (κ1) is 13.1. The summed E-state index contributed by atoms with van der Waals surface area (Å²) < 4.78 is 120. The topological polar surface area (TPSA) is 0 Å². The van der Waals surface area contributed by atoms with Crippen molar-refractivity contribution >= 4 is 0 Å². The molecule has 0 nitrogen and oxygen atoms in total. The molecule has 1 aliphatic rings. The molecular weight excluding hydrogens is 262 g/mol. The van der Waals surface area contributed by atoms with Crippen LogP contribution in [0.2, 0.25) is 0 Å². The molecule has 0 spiro atoms. The average Bonchev–Trinajstić information content (AvgIpc) is 1.97. The summed E-state index contributed by atoms with van der Waals surface area (Å²) >= 11 is 0. The highest BCUT2D eigenvalue weighted by molar-refractivity contribution is 5.47. The fraction of sp³-hybridized carbons (Fsp3) is 0.667. The molecule has 0 aliphatic heterocycles. The van der Waals surface area contributed by atoms with Crippen molar-refractivity contribution < 1.29 is 43.9 Å². The van der Waals surface area contributed by atoms with Crippen LogP contribution in [0.4, 0.5) is 43.9 Å². The predicted molar refractivity (Wildman–Crippen MR) is 29.0 cm³/mol. The molecule has 10 heteroatoms. The lowest BCUT2D eigenvalue weighted by Gasteiger charge is -2.43.